The summed E-state index contributed by atoms with van der Waals surface area (Å²) in [6, 6.07) is 20.7. The molecule has 1 unspecified atom stereocenters. The van der Waals surface area contributed by atoms with Gasteiger partial charge in [0.15, 0.2) is 0 Å². The first-order valence-electron chi connectivity index (χ1n) is 12.0. The second kappa shape index (κ2) is 10.5. The summed E-state index contributed by atoms with van der Waals surface area (Å²) in [4.78, 5) is 39.5. The molecule has 0 saturated heterocycles. The molecule has 0 saturated carbocycles. The zero-order valence-corrected chi connectivity index (χ0v) is 21.2. The van der Waals surface area contributed by atoms with Crippen molar-refractivity contribution in [1.82, 2.24) is 4.90 Å². The van der Waals surface area contributed by atoms with Crippen LogP contribution in [0.15, 0.2) is 71.2 Å². The van der Waals surface area contributed by atoms with Crippen molar-refractivity contribution in [3.63, 3.8) is 0 Å². The van der Waals surface area contributed by atoms with E-state index < -0.39 is 6.04 Å². The van der Waals surface area contributed by atoms with Crippen molar-refractivity contribution in [1.29, 1.82) is 0 Å². The van der Waals surface area contributed by atoms with Crippen LogP contribution in [0.4, 0.5) is 11.4 Å². The normalized spacial score (nSPS) is 16.8. The molecule has 3 aromatic rings. The van der Waals surface area contributed by atoms with Crippen molar-refractivity contribution < 1.29 is 19.1 Å². The summed E-state index contributed by atoms with van der Waals surface area (Å²) in [7, 11) is 0. The van der Waals surface area contributed by atoms with E-state index in [1.807, 2.05) is 66.7 Å². The third kappa shape index (κ3) is 5.28. The van der Waals surface area contributed by atoms with E-state index in [4.69, 9.17) is 4.74 Å². The molecule has 2 heterocycles. The van der Waals surface area contributed by atoms with Crippen LogP contribution in [0.1, 0.15) is 42.0 Å². The maximum absolute atomic E-state index is 13.4. The Morgan fingerprint density at radius 2 is 1.75 bits per heavy atom. The quantitative estimate of drug-likeness (QED) is 0.422. The molecule has 7 nitrogen and oxygen atoms in total. The topological polar surface area (TPSA) is 87.7 Å². The molecule has 2 aliphatic rings. The van der Waals surface area contributed by atoms with Crippen molar-refractivity contribution in [3.8, 4) is 5.75 Å². The van der Waals surface area contributed by atoms with Gasteiger partial charge in [-0.1, -0.05) is 52.3 Å². The van der Waals surface area contributed by atoms with Crippen LogP contribution in [0.3, 0.4) is 0 Å². The Morgan fingerprint density at radius 1 is 0.944 bits per heavy atom. The van der Waals surface area contributed by atoms with Crippen LogP contribution in [0, 0.1) is 0 Å². The van der Waals surface area contributed by atoms with Crippen molar-refractivity contribution in [2.75, 3.05) is 23.8 Å². The van der Waals surface area contributed by atoms with Crippen LogP contribution in [-0.4, -0.2) is 35.8 Å². The number of amides is 3. The van der Waals surface area contributed by atoms with Crippen LogP contribution in [0.25, 0.3) is 0 Å². The van der Waals surface area contributed by atoms with Gasteiger partial charge in [0.05, 0.1) is 12.6 Å². The monoisotopic (exact) mass is 547 g/mol. The van der Waals surface area contributed by atoms with Crippen LogP contribution < -0.4 is 15.4 Å². The second-order valence-electron chi connectivity index (χ2n) is 8.93. The minimum atomic E-state index is -0.393. The number of hydrogen-bond donors (Lipinski definition) is 2. The lowest BCUT2D eigenvalue weighted by Crippen LogP contribution is -2.39. The maximum Gasteiger partial charge on any atom is 0.244 e. The first-order chi connectivity index (χ1) is 17.5. The lowest BCUT2D eigenvalue weighted by Gasteiger charge is -2.30. The SMILES string of the molecule is O=C1CCc2ccc(OCCCC(=O)N3CC(=O)Nc4ccc(Br)cc4C3c3ccccc3)cc2N1. The fraction of sp³-hybridized carbons (Fsp3) is 0.250. The summed E-state index contributed by atoms with van der Waals surface area (Å²) in [5.41, 5.74) is 4.38. The number of rotatable bonds is 6. The van der Waals surface area contributed by atoms with Gasteiger partial charge in [-0.2, -0.15) is 0 Å². The highest BCUT2D eigenvalue weighted by atomic mass is 79.9. The number of fused-ring (bicyclic) bond motifs is 2. The molecule has 3 amide bonds. The van der Waals surface area contributed by atoms with E-state index in [2.05, 4.69) is 26.6 Å². The average Bonchev–Trinajstić information content (AvgIpc) is 3.02. The molecule has 36 heavy (non-hydrogen) atoms. The predicted octanol–water partition coefficient (Wildman–Crippen LogP) is 5.06. The Bertz CT molecular complexity index is 1310. The number of carbonyl (C=O) groups is 3. The molecule has 184 valence electrons. The van der Waals surface area contributed by atoms with E-state index >= 15 is 0 Å². The first-order valence-corrected chi connectivity index (χ1v) is 12.8. The molecule has 0 radical (unpaired) electrons. The average molecular weight is 548 g/mol. The zero-order valence-electron chi connectivity index (χ0n) is 19.6. The summed E-state index contributed by atoms with van der Waals surface area (Å²) in [5.74, 6) is 0.317. The van der Waals surface area contributed by atoms with E-state index in [0.29, 0.717) is 30.9 Å². The Labute approximate surface area is 218 Å². The van der Waals surface area contributed by atoms with Crippen molar-refractivity contribution in [2.45, 2.75) is 31.7 Å². The van der Waals surface area contributed by atoms with Gasteiger partial charge in [-0.3, -0.25) is 14.4 Å². The summed E-state index contributed by atoms with van der Waals surface area (Å²) in [6.07, 6.45) is 1.95. The number of halogens is 1. The summed E-state index contributed by atoms with van der Waals surface area (Å²) in [5, 5.41) is 5.82. The number of nitrogens with zero attached hydrogens (tertiary/aromatic N) is 1. The molecule has 2 N–H and O–H groups in total. The molecule has 0 aromatic heterocycles. The second-order valence-corrected chi connectivity index (χ2v) is 9.85. The van der Waals surface area contributed by atoms with Gasteiger partial charge in [0.25, 0.3) is 0 Å². The summed E-state index contributed by atoms with van der Waals surface area (Å²) < 4.78 is 6.74. The largest absolute Gasteiger partial charge is 0.494 e. The number of aryl methyl sites for hydroxylation is 1. The standard InChI is InChI=1S/C28H26BrN3O4/c29-20-10-12-23-22(15-20)28(19-5-2-1-3-6-19)32(17-26(34)30-23)27(35)7-4-14-36-21-11-8-18-9-13-25(33)31-24(18)16-21/h1-3,5-6,8,10-12,15-16,28H,4,7,9,13-14,17H2,(H,30,34)(H,31,33). The van der Waals surface area contributed by atoms with Crippen molar-refractivity contribution >= 4 is 45.0 Å². The van der Waals surface area contributed by atoms with Gasteiger partial charge in [-0.25, -0.2) is 0 Å². The first kappa shape index (κ1) is 24.1. The highest BCUT2D eigenvalue weighted by Crippen LogP contribution is 2.37. The molecule has 5 rings (SSSR count). The van der Waals surface area contributed by atoms with Crippen molar-refractivity contribution in [2.24, 2.45) is 0 Å². The number of carbonyl (C=O) groups excluding carboxylic acids is 3. The Kier molecular flexibility index (Phi) is 7.04. The fourth-order valence-electron chi connectivity index (χ4n) is 4.70. The molecule has 0 fully saturated rings. The smallest absolute Gasteiger partial charge is 0.244 e. The summed E-state index contributed by atoms with van der Waals surface area (Å²) in [6.45, 7) is 0.312. The number of nitrogens with one attached hydrogen (secondary N) is 2. The minimum absolute atomic E-state index is 0.00769. The third-order valence-electron chi connectivity index (χ3n) is 6.42. The minimum Gasteiger partial charge on any atom is -0.494 e. The van der Waals surface area contributed by atoms with Crippen molar-refractivity contribution in [3.05, 3.63) is 87.9 Å². The van der Waals surface area contributed by atoms with Crippen LogP contribution in [0.5, 0.6) is 5.75 Å². The highest BCUT2D eigenvalue weighted by Gasteiger charge is 2.33. The van der Waals surface area contributed by atoms with E-state index in [1.54, 1.807) is 4.90 Å². The Hall–Kier alpha value is -3.65. The molecule has 0 spiro atoms. The number of benzene rings is 3. The molecule has 8 heteroatoms. The Morgan fingerprint density at radius 3 is 2.58 bits per heavy atom. The van der Waals surface area contributed by atoms with E-state index in [0.717, 1.165) is 33.3 Å². The lowest BCUT2D eigenvalue weighted by atomic mass is 9.95. The maximum atomic E-state index is 13.4. The fourth-order valence-corrected chi connectivity index (χ4v) is 5.08. The number of hydrogen-bond acceptors (Lipinski definition) is 4. The molecule has 2 aliphatic heterocycles. The molecule has 0 aliphatic carbocycles. The van der Waals surface area contributed by atoms with Crippen LogP contribution >= 0.6 is 15.9 Å². The van der Waals surface area contributed by atoms with E-state index in [-0.39, 0.29) is 30.7 Å². The van der Waals surface area contributed by atoms with E-state index in [9.17, 15) is 14.4 Å². The molecule has 1 atom stereocenters. The Balaban J connectivity index is 1.30. The zero-order chi connectivity index (χ0) is 25.1. The van der Waals surface area contributed by atoms with Gasteiger partial charge in [0, 0.05) is 40.3 Å². The van der Waals surface area contributed by atoms with Gasteiger partial charge < -0.3 is 20.3 Å². The lowest BCUT2D eigenvalue weighted by molar-refractivity contribution is -0.136. The molecule has 0 bridgehead atoms. The summed E-state index contributed by atoms with van der Waals surface area (Å²) >= 11 is 3.53. The number of ether oxygens (including phenoxy) is 1. The van der Waals surface area contributed by atoms with Gasteiger partial charge in [-0.05, 0) is 48.2 Å². The molecular weight excluding hydrogens is 522 g/mol. The third-order valence-corrected chi connectivity index (χ3v) is 6.92. The molecular formula is C28H26BrN3O4. The van der Waals surface area contributed by atoms with Crippen LogP contribution in [-0.2, 0) is 20.8 Å². The predicted molar refractivity (Wildman–Crippen MR) is 141 cm³/mol. The van der Waals surface area contributed by atoms with Crippen LogP contribution in [0.2, 0.25) is 0 Å². The van der Waals surface area contributed by atoms with Gasteiger partial charge in [-0.15, -0.1) is 0 Å². The van der Waals surface area contributed by atoms with Gasteiger partial charge >= 0.3 is 0 Å². The highest BCUT2D eigenvalue weighted by molar-refractivity contribution is 9.10. The van der Waals surface area contributed by atoms with Gasteiger partial charge in [0.2, 0.25) is 17.7 Å². The molecule has 3 aromatic carbocycles. The van der Waals surface area contributed by atoms with E-state index in [1.165, 1.54) is 0 Å². The number of anilines is 2. The van der Waals surface area contributed by atoms with Gasteiger partial charge in [0.1, 0.15) is 12.3 Å².